The lowest BCUT2D eigenvalue weighted by molar-refractivity contribution is -0.140. The minimum atomic E-state index is -1.33. The fourth-order valence-electron chi connectivity index (χ4n) is 2.92. The number of aliphatic carboxylic acids is 1. The first kappa shape index (κ1) is 30.3. The molecule has 0 rings (SSSR count). The first-order valence-corrected chi connectivity index (χ1v) is 11.3. The van der Waals surface area contributed by atoms with Crippen molar-refractivity contribution in [1.29, 1.82) is 0 Å². The van der Waals surface area contributed by atoms with Crippen LogP contribution >= 0.6 is 0 Å². The average Bonchev–Trinajstić information content (AvgIpc) is 2.67. The predicted octanol–water partition coefficient (Wildman–Crippen LogP) is 1.09. The summed E-state index contributed by atoms with van der Waals surface area (Å²) in [7, 11) is 0. The van der Waals surface area contributed by atoms with E-state index in [-0.39, 0.29) is 18.8 Å². The molecule has 0 saturated carbocycles. The Kier molecular flexibility index (Phi) is 14.0. The minimum absolute atomic E-state index is 0.0774. The number of amides is 3. The van der Waals surface area contributed by atoms with Gasteiger partial charge >= 0.3 is 12.1 Å². The van der Waals surface area contributed by atoms with Crippen molar-refractivity contribution in [3.63, 3.8) is 0 Å². The van der Waals surface area contributed by atoms with Crippen LogP contribution in [-0.2, 0) is 23.9 Å². The van der Waals surface area contributed by atoms with Crippen LogP contribution in [0.5, 0.6) is 0 Å². The summed E-state index contributed by atoms with van der Waals surface area (Å²) in [5, 5.41) is 16.8. The molecule has 0 fully saturated rings. The number of nitrogens with one attached hydrogen (secondary N) is 3. The molecule has 0 unspecified atom stereocenters. The van der Waals surface area contributed by atoms with Crippen LogP contribution in [0.3, 0.4) is 0 Å². The van der Waals surface area contributed by atoms with Gasteiger partial charge in [0.25, 0.3) is 0 Å². The molecule has 3 atom stereocenters. The van der Waals surface area contributed by atoms with Gasteiger partial charge in [-0.05, 0) is 65.3 Å². The highest BCUT2D eigenvalue weighted by atomic mass is 16.6. The van der Waals surface area contributed by atoms with Gasteiger partial charge in [0.1, 0.15) is 24.0 Å². The number of hydrogen-bond donors (Lipinski definition) is 5. The van der Waals surface area contributed by atoms with Crippen LogP contribution in [0.1, 0.15) is 73.1 Å². The number of hydrogen-bond acceptors (Lipinski definition) is 7. The van der Waals surface area contributed by atoms with E-state index in [1.165, 1.54) is 0 Å². The van der Waals surface area contributed by atoms with Gasteiger partial charge in [-0.2, -0.15) is 0 Å². The van der Waals surface area contributed by atoms with Crippen molar-refractivity contribution in [2.45, 2.75) is 96.9 Å². The summed E-state index contributed by atoms with van der Waals surface area (Å²) >= 11 is 0. The molecule has 11 nitrogen and oxygen atoms in total. The Balaban J connectivity index is 4.95. The largest absolute Gasteiger partial charge is 0.480 e. The average molecular weight is 473 g/mol. The highest BCUT2D eigenvalue weighted by molar-refractivity contribution is 5.89. The number of carbonyl (C=O) groups excluding carboxylic acids is 4. The van der Waals surface area contributed by atoms with Crippen LogP contribution in [0.4, 0.5) is 4.79 Å². The number of carboxylic acid groups (broad SMARTS) is 1. The van der Waals surface area contributed by atoms with Crippen LogP contribution < -0.4 is 21.7 Å². The molecule has 0 aliphatic rings. The monoisotopic (exact) mass is 472 g/mol. The number of carboxylic acids is 1. The van der Waals surface area contributed by atoms with Gasteiger partial charge in [0, 0.05) is 6.42 Å². The zero-order valence-electron chi connectivity index (χ0n) is 20.3. The smallest absolute Gasteiger partial charge is 0.408 e. The SMILES string of the molecule is CC(C)C[C@H](NC(=O)CC[C@H](NC(=O)OC(C)(C)C)C(=O)O)C(=O)N[C@H](C=O)CCCCN. The van der Waals surface area contributed by atoms with E-state index in [0.29, 0.717) is 32.1 Å². The molecule has 0 saturated heterocycles. The molecule has 0 aliphatic carbocycles. The first-order chi connectivity index (χ1) is 15.3. The highest BCUT2D eigenvalue weighted by Gasteiger charge is 2.27. The third kappa shape index (κ3) is 14.9. The number of carbonyl (C=O) groups is 5. The first-order valence-electron chi connectivity index (χ1n) is 11.3. The van der Waals surface area contributed by atoms with Gasteiger partial charge in [-0.3, -0.25) is 9.59 Å². The maximum Gasteiger partial charge on any atom is 0.408 e. The second-order valence-electron chi connectivity index (χ2n) is 9.36. The third-order valence-corrected chi connectivity index (χ3v) is 4.47. The molecule has 0 bridgehead atoms. The van der Waals surface area contributed by atoms with Crippen LogP contribution in [0.25, 0.3) is 0 Å². The Hall–Kier alpha value is -2.69. The second kappa shape index (κ2) is 15.2. The van der Waals surface area contributed by atoms with Gasteiger partial charge in [-0.25, -0.2) is 9.59 Å². The van der Waals surface area contributed by atoms with E-state index in [0.717, 1.165) is 6.42 Å². The third-order valence-electron chi connectivity index (χ3n) is 4.47. The molecule has 0 aliphatic heterocycles. The van der Waals surface area contributed by atoms with Crippen molar-refractivity contribution in [3.8, 4) is 0 Å². The molecule has 0 heterocycles. The summed E-state index contributed by atoms with van der Waals surface area (Å²) in [5.74, 6) is -2.26. The van der Waals surface area contributed by atoms with E-state index < -0.39 is 47.6 Å². The number of ether oxygens (including phenoxy) is 1. The number of aldehydes is 1. The number of unbranched alkanes of at least 4 members (excludes halogenated alkanes) is 1. The summed E-state index contributed by atoms with van der Waals surface area (Å²) in [4.78, 5) is 59.7. The van der Waals surface area contributed by atoms with E-state index in [2.05, 4.69) is 16.0 Å². The molecule has 33 heavy (non-hydrogen) atoms. The summed E-state index contributed by atoms with van der Waals surface area (Å²) in [5.41, 5.74) is 4.65. The predicted molar refractivity (Wildman–Crippen MR) is 122 cm³/mol. The van der Waals surface area contributed by atoms with Gasteiger partial charge in [-0.1, -0.05) is 13.8 Å². The molecule has 6 N–H and O–H groups in total. The Labute approximate surface area is 195 Å². The molecule has 0 radical (unpaired) electrons. The van der Waals surface area contributed by atoms with Crippen LogP contribution in [0, 0.1) is 5.92 Å². The summed E-state index contributed by atoms with van der Waals surface area (Å²) < 4.78 is 5.05. The standard InChI is InChI=1S/C22H40N4O7/c1-14(2)12-17(19(29)24-15(13-27)8-6-7-11-23)25-18(28)10-9-16(20(30)31)26-21(32)33-22(3,4)5/h13-17H,6-12,23H2,1-5H3,(H,24,29)(H,25,28)(H,26,32)(H,30,31)/t15-,16-,17-/m0/s1. The Bertz CT molecular complexity index is 662. The van der Waals surface area contributed by atoms with Crippen molar-refractivity contribution < 1.29 is 33.8 Å². The van der Waals surface area contributed by atoms with Crippen molar-refractivity contribution >= 4 is 30.2 Å². The Morgan fingerprint density at radius 1 is 1.00 bits per heavy atom. The molecule has 11 heteroatoms. The molecule has 0 aromatic carbocycles. The van der Waals surface area contributed by atoms with E-state index in [4.69, 9.17) is 10.5 Å². The lowest BCUT2D eigenvalue weighted by Crippen LogP contribution is -2.51. The summed E-state index contributed by atoms with van der Waals surface area (Å²) in [6, 6.07) is -2.88. The fraction of sp³-hybridized carbons (Fsp3) is 0.773. The van der Waals surface area contributed by atoms with Gasteiger partial charge in [0.05, 0.1) is 6.04 Å². The zero-order valence-corrected chi connectivity index (χ0v) is 20.3. The quantitative estimate of drug-likeness (QED) is 0.174. The number of nitrogens with two attached hydrogens (primary N) is 1. The molecule has 0 spiro atoms. The molecule has 3 amide bonds. The lowest BCUT2D eigenvalue weighted by atomic mass is 10.0. The normalized spacial score (nSPS) is 14.0. The van der Waals surface area contributed by atoms with Crippen LogP contribution in [0.15, 0.2) is 0 Å². The van der Waals surface area contributed by atoms with Crippen molar-refractivity contribution in [1.82, 2.24) is 16.0 Å². The van der Waals surface area contributed by atoms with Gasteiger partial charge < -0.3 is 36.3 Å². The summed E-state index contributed by atoms with van der Waals surface area (Å²) in [6.07, 6.45) is 1.53. The van der Waals surface area contributed by atoms with Gasteiger partial charge in [0.2, 0.25) is 11.8 Å². The van der Waals surface area contributed by atoms with E-state index in [1.54, 1.807) is 20.8 Å². The van der Waals surface area contributed by atoms with Crippen LogP contribution in [0.2, 0.25) is 0 Å². The van der Waals surface area contributed by atoms with E-state index in [1.807, 2.05) is 13.8 Å². The molecule has 190 valence electrons. The Morgan fingerprint density at radius 2 is 1.64 bits per heavy atom. The van der Waals surface area contributed by atoms with Crippen molar-refractivity contribution in [3.05, 3.63) is 0 Å². The van der Waals surface area contributed by atoms with Gasteiger partial charge in [0.15, 0.2) is 0 Å². The number of rotatable bonds is 15. The zero-order chi connectivity index (χ0) is 25.6. The van der Waals surface area contributed by atoms with Crippen molar-refractivity contribution in [2.75, 3.05) is 6.54 Å². The van der Waals surface area contributed by atoms with Gasteiger partial charge in [-0.15, -0.1) is 0 Å². The van der Waals surface area contributed by atoms with E-state index in [9.17, 15) is 29.1 Å². The number of alkyl carbamates (subject to hydrolysis) is 1. The highest BCUT2D eigenvalue weighted by Crippen LogP contribution is 2.10. The summed E-state index contributed by atoms with van der Waals surface area (Å²) in [6.45, 7) is 9.19. The lowest BCUT2D eigenvalue weighted by Gasteiger charge is -2.23. The van der Waals surface area contributed by atoms with Crippen molar-refractivity contribution in [2.24, 2.45) is 11.7 Å². The molecular weight excluding hydrogens is 432 g/mol. The maximum atomic E-state index is 12.7. The van der Waals surface area contributed by atoms with Crippen LogP contribution in [-0.4, -0.2) is 65.5 Å². The molecule has 0 aromatic rings. The topological polar surface area (TPSA) is 177 Å². The fourth-order valence-corrected chi connectivity index (χ4v) is 2.92. The second-order valence-corrected chi connectivity index (χ2v) is 9.36. The molecular formula is C22H40N4O7. The van der Waals surface area contributed by atoms with E-state index >= 15 is 0 Å². The Morgan fingerprint density at radius 3 is 2.12 bits per heavy atom. The molecule has 0 aromatic heterocycles. The minimum Gasteiger partial charge on any atom is -0.480 e. The maximum absolute atomic E-state index is 12.7.